The van der Waals surface area contributed by atoms with E-state index in [-0.39, 0.29) is 12.4 Å². The van der Waals surface area contributed by atoms with Crippen LogP contribution in [0.5, 0.6) is 0 Å². The molecule has 1 heterocycles. The van der Waals surface area contributed by atoms with Gasteiger partial charge in [-0.3, -0.25) is 9.80 Å². The van der Waals surface area contributed by atoms with E-state index in [0.717, 1.165) is 44.7 Å². The highest BCUT2D eigenvalue weighted by molar-refractivity contribution is 5.16. The van der Waals surface area contributed by atoms with Crippen molar-refractivity contribution in [3.8, 4) is 0 Å². The number of nitrogens with zero attached hydrogens (tertiary/aromatic N) is 2. The Morgan fingerprint density at radius 2 is 2.18 bits per heavy atom. The quantitative estimate of drug-likeness (QED) is 0.819. The third kappa shape index (κ3) is 5.20. The van der Waals surface area contributed by atoms with Gasteiger partial charge in [-0.15, -0.1) is 0 Å². The number of aliphatic hydroxyl groups excluding tert-OH is 1. The van der Waals surface area contributed by atoms with Crippen LogP contribution in [0.2, 0.25) is 0 Å². The lowest BCUT2D eigenvalue weighted by molar-refractivity contribution is 0.0636. The van der Waals surface area contributed by atoms with E-state index in [0.29, 0.717) is 6.04 Å². The average molecular weight is 306 g/mol. The maximum atomic E-state index is 13.3. The van der Waals surface area contributed by atoms with Crippen LogP contribution in [0.25, 0.3) is 0 Å². The minimum atomic E-state index is -0.174. The lowest BCUT2D eigenvalue weighted by Crippen LogP contribution is -2.53. The summed E-state index contributed by atoms with van der Waals surface area (Å²) in [5.74, 6) is -0.174. The fraction of sp³-hybridized carbons (Fsp3) is 0.556. The molecule has 0 aromatic heterocycles. The Bertz CT molecular complexity index is 500. The number of hydrogen-bond acceptors (Lipinski definition) is 3. The summed E-state index contributed by atoms with van der Waals surface area (Å²) in [6.45, 7) is 9.05. The topological polar surface area (TPSA) is 26.7 Å². The number of aliphatic hydroxyl groups is 1. The van der Waals surface area contributed by atoms with Crippen LogP contribution in [0, 0.1) is 5.82 Å². The summed E-state index contributed by atoms with van der Waals surface area (Å²) in [4.78, 5) is 4.79. The first-order chi connectivity index (χ1) is 10.6. The van der Waals surface area contributed by atoms with Crippen molar-refractivity contribution in [1.82, 2.24) is 9.80 Å². The van der Waals surface area contributed by atoms with Crippen LogP contribution in [0.15, 0.2) is 35.9 Å². The lowest BCUT2D eigenvalue weighted by atomic mass is 10.1. The second kappa shape index (κ2) is 8.42. The molecule has 1 fully saturated rings. The second-order valence-corrected chi connectivity index (χ2v) is 6.31. The molecule has 0 radical (unpaired) electrons. The Kier molecular flexibility index (Phi) is 6.55. The molecule has 0 spiro atoms. The highest BCUT2D eigenvalue weighted by Gasteiger charge is 2.25. The van der Waals surface area contributed by atoms with Crippen LogP contribution in [0.4, 0.5) is 4.39 Å². The van der Waals surface area contributed by atoms with Gasteiger partial charge < -0.3 is 5.11 Å². The molecule has 3 nitrogen and oxygen atoms in total. The van der Waals surface area contributed by atoms with Gasteiger partial charge in [0.2, 0.25) is 0 Å². The smallest absolute Gasteiger partial charge is 0.123 e. The zero-order valence-corrected chi connectivity index (χ0v) is 13.6. The normalized spacial score (nSPS) is 20.1. The van der Waals surface area contributed by atoms with E-state index in [2.05, 4.69) is 29.7 Å². The molecule has 0 saturated carbocycles. The Morgan fingerprint density at radius 3 is 2.86 bits per heavy atom. The molecule has 1 aliphatic rings. The lowest BCUT2D eigenvalue weighted by Gasteiger charge is -2.41. The highest BCUT2D eigenvalue weighted by atomic mass is 19.1. The second-order valence-electron chi connectivity index (χ2n) is 6.31. The van der Waals surface area contributed by atoms with Gasteiger partial charge in [0.05, 0.1) is 0 Å². The Morgan fingerprint density at radius 1 is 1.36 bits per heavy atom. The van der Waals surface area contributed by atoms with Crippen molar-refractivity contribution >= 4 is 0 Å². The molecule has 1 aromatic carbocycles. The minimum absolute atomic E-state index is 0.174. The molecule has 4 heteroatoms. The first-order valence-electron chi connectivity index (χ1n) is 8.03. The molecule has 2 rings (SSSR count). The SMILES string of the molecule is CC(C)=CCN1CCN(Cc2cccc(F)c2)C[C@@H]1CCO. The van der Waals surface area contributed by atoms with Gasteiger partial charge in [0, 0.05) is 45.4 Å². The number of halogens is 1. The fourth-order valence-electron chi connectivity index (χ4n) is 2.96. The van der Waals surface area contributed by atoms with E-state index < -0.39 is 0 Å². The molecule has 1 aliphatic heterocycles. The van der Waals surface area contributed by atoms with Crippen molar-refractivity contribution in [2.75, 3.05) is 32.8 Å². The van der Waals surface area contributed by atoms with Gasteiger partial charge in [-0.2, -0.15) is 0 Å². The molecule has 0 aliphatic carbocycles. The summed E-state index contributed by atoms with van der Waals surface area (Å²) in [5.41, 5.74) is 2.34. The van der Waals surface area contributed by atoms with Crippen molar-refractivity contribution < 1.29 is 9.50 Å². The number of allylic oxidation sites excluding steroid dienone is 1. The number of rotatable bonds is 6. The van der Waals surface area contributed by atoms with Crippen molar-refractivity contribution in [2.45, 2.75) is 32.9 Å². The van der Waals surface area contributed by atoms with Gasteiger partial charge >= 0.3 is 0 Å². The molecule has 0 amide bonds. The van der Waals surface area contributed by atoms with Gasteiger partial charge in [-0.1, -0.05) is 23.8 Å². The summed E-state index contributed by atoms with van der Waals surface area (Å²) < 4.78 is 13.3. The van der Waals surface area contributed by atoms with Crippen LogP contribution in [-0.2, 0) is 6.54 Å². The maximum absolute atomic E-state index is 13.3. The average Bonchev–Trinajstić information content (AvgIpc) is 2.46. The third-order valence-electron chi connectivity index (χ3n) is 4.18. The summed E-state index contributed by atoms with van der Waals surface area (Å²) >= 11 is 0. The first-order valence-corrected chi connectivity index (χ1v) is 8.03. The van der Waals surface area contributed by atoms with Gasteiger partial charge in [-0.05, 0) is 38.0 Å². The third-order valence-corrected chi connectivity index (χ3v) is 4.18. The molecule has 122 valence electrons. The largest absolute Gasteiger partial charge is 0.396 e. The first kappa shape index (κ1) is 17.1. The van der Waals surface area contributed by atoms with E-state index in [9.17, 15) is 9.50 Å². The number of piperazine rings is 1. The summed E-state index contributed by atoms with van der Waals surface area (Å²) in [6.07, 6.45) is 3.03. The van der Waals surface area contributed by atoms with Gasteiger partial charge in [0.25, 0.3) is 0 Å². The molecule has 1 N–H and O–H groups in total. The molecular formula is C18H27FN2O. The predicted octanol–water partition coefficient (Wildman–Crippen LogP) is 2.66. The van der Waals surface area contributed by atoms with E-state index in [4.69, 9.17) is 0 Å². The van der Waals surface area contributed by atoms with Crippen molar-refractivity contribution in [1.29, 1.82) is 0 Å². The molecular weight excluding hydrogens is 279 g/mol. The molecule has 0 bridgehead atoms. The number of hydrogen-bond donors (Lipinski definition) is 1. The Balaban J connectivity index is 1.95. The molecule has 1 atom stereocenters. The number of benzene rings is 1. The van der Waals surface area contributed by atoms with Gasteiger partial charge in [-0.25, -0.2) is 4.39 Å². The molecule has 1 saturated heterocycles. The van der Waals surface area contributed by atoms with Crippen molar-refractivity contribution in [3.05, 3.63) is 47.3 Å². The standard InChI is InChI=1S/C18H27FN2O/c1-15(2)6-8-21-10-9-20(14-18(21)7-11-22)13-16-4-3-5-17(19)12-16/h3-6,12,18,22H,7-11,13-14H2,1-2H3/t18-/m0/s1. The minimum Gasteiger partial charge on any atom is -0.396 e. The summed E-state index contributed by atoms with van der Waals surface area (Å²) in [5, 5.41) is 9.32. The molecule has 1 aromatic rings. The zero-order chi connectivity index (χ0) is 15.9. The highest BCUT2D eigenvalue weighted by Crippen LogP contribution is 2.16. The van der Waals surface area contributed by atoms with Crippen molar-refractivity contribution in [3.63, 3.8) is 0 Å². The van der Waals surface area contributed by atoms with Crippen LogP contribution < -0.4 is 0 Å². The van der Waals surface area contributed by atoms with Crippen LogP contribution in [-0.4, -0.2) is 53.7 Å². The summed E-state index contributed by atoms with van der Waals surface area (Å²) in [7, 11) is 0. The van der Waals surface area contributed by atoms with E-state index in [1.165, 1.54) is 11.6 Å². The van der Waals surface area contributed by atoms with Crippen LogP contribution in [0.1, 0.15) is 25.8 Å². The fourth-order valence-corrected chi connectivity index (χ4v) is 2.96. The monoisotopic (exact) mass is 306 g/mol. The predicted molar refractivity (Wildman–Crippen MR) is 88.2 cm³/mol. The maximum Gasteiger partial charge on any atom is 0.123 e. The Labute approximate surface area is 133 Å². The Hall–Kier alpha value is -1.23. The molecule has 0 unspecified atom stereocenters. The van der Waals surface area contributed by atoms with Crippen LogP contribution >= 0.6 is 0 Å². The van der Waals surface area contributed by atoms with Crippen LogP contribution in [0.3, 0.4) is 0 Å². The zero-order valence-electron chi connectivity index (χ0n) is 13.6. The van der Waals surface area contributed by atoms with E-state index in [1.807, 2.05) is 6.07 Å². The summed E-state index contributed by atoms with van der Waals surface area (Å²) in [6, 6.07) is 7.19. The van der Waals surface area contributed by atoms with E-state index in [1.54, 1.807) is 12.1 Å². The molecule has 22 heavy (non-hydrogen) atoms. The van der Waals surface area contributed by atoms with Gasteiger partial charge in [0.15, 0.2) is 0 Å². The van der Waals surface area contributed by atoms with E-state index >= 15 is 0 Å². The van der Waals surface area contributed by atoms with Gasteiger partial charge in [0.1, 0.15) is 5.82 Å². The van der Waals surface area contributed by atoms with Crippen molar-refractivity contribution in [2.24, 2.45) is 0 Å².